The van der Waals surface area contributed by atoms with Gasteiger partial charge in [-0.2, -0.15) is 0 Å². The molecule has 0 saturated carbocycles. The number of benzene rings is 9. The van der Waals surface area contributed by atoms with E-state index in [1.807, 2.05) is 0 Å². The fourth-order valence-corrected chi connectivity index (χ4v) is 8.68. The Morgan fingerprint density at radius 1 is 0.305 bits per heavy atom. The van der Waals surface area contributed by atoms with Crippen molar-refractivity contribution >= 4 is 28.4 Å². The van der Waals surface area contributed by atoms with E-state index in [4.69, 9.17) is 0 Å². The predicted octanol–water partition coefficient (Wildman–Crippen LogP) is 15.9. The van der Waals surface area contributed by atoms with Crippen molar-refractivity contribution in [3.8, 4) is 55.6 Å². The van der Waals surface area contributed by atoms with Crippen molar-refractivity contribution < 1.29 is 0 Å². The average molecular weight is 757 g/mol. The highest BCUT2D eigenvalue weighted by molar-refractivity contribution is 5.88. The molecular formula is C57H44N2. The lowest BCUT2D eigenvalue weighted by molar-refractivity contribution is 0.660. The highest BCUT2D eigenvalue weighted by atomic mass is 15.1. The number of fused-ring (bicyclic) bond motifs is 3. The fraction of sp³-hybridized carbons (Fsp3) is 0.0526. The molecule has 2 nitrogen and oxygen atoms in total. The molecule has 1 aliphatic carbocycles. The molecule has 0 aromatic heterocycles. The maximum atomic E-state index is 3.69. The molecule has 9 aromatic carbocycles. The Bertz CT molecular complexity index is 2880. The van der Waals surface area contributed by atoms with E-state index < -0.39 is 0 Å². The van der Waals surface area contributed by atoms with Crippen LogP contribution in [0.3, 0.4) is 0 Å². The molecule has 2 heteroatoms. The molecule has 1 N–H and O–H groups in total. The van der Waals surface area contributed by atoms with Crippen LogP contribution in [-0.4, -0.2) is 0 Å². The van der Waals surface area contributed by atoms with Gasteiger partial charge in [-0.25, -0.2) is 0 Å². The van der Waals surface area contributed by atoms with Crippen LogP contribution in [0.2, 0.25) is 0 Å². The van der Waals surface area contributed by atoms with Crippen molar-refractivity contribution in [3.05, 3.63) is 236 Å². The molecule has 0 saturated heterocycles. The Balaban J connectivity index is 0.983. The van der Waals surface area contributed by atoms with Crippen LogP contribution in [0.1, 0.15) is 25.0 Å². The summed E-state index contributed by atoms with van der Waals surface area (Å²) >= 11 is 0. The molecule has 0 fully saturated rings. The highest BCUT2D eigenvalue weighted by Gasteiger charge is 2.36. The van der Waals surface area contributed by atoms with Crippen LogP contribution in [0.15, 0.2) is 224 Å². The van der Waals surface area contributed by atoms with Crippen molar-refractivity contribution in [3.63, 3.8) is 0 Å². The lowest BCUT2D eigenvalue weighted by Gasteiger charge is -2.28. The summed E-state index contributed by atoms with van der Waals surface area (Å²) in [5.74, 6) is 0. The van der Waals surface area contributed by atoms with E-state index in [2.05, 4.69) is 249 Å². The van der Waals surface area contributed by atoms with E-state index in [9.17, 15) is 0 Å². The van der Waals surface area contributed by atoms with Crippen molar-refractivity contribution in [1.82, 2.24) is 0 Å². The van der Waals surface area contributed by atoms with Crippen molar-refractivity contribution in [2.24, 2.45) is 0 Å². The first-order valence-electron chi connectivity index (χ1n) is 20.4. The van der Waals surface area contributed by atoms with E-state index in [0.29, 0.717) is 0 Å². The second-order valence-corrected chi connectivity index (χ2v) is 15.9. The summed E-state index contributed by atoms with van der Waals surface area (Å²) in [6, 6.07) is 81.1. The van der Waals surface area contributed by atoms with Gasteiger partial charge in [0.25, 0.3) is 0 Å². The second-order valence-electron chi connectivity index (χ2n) is 15.9. The van der Waals surface area contributed by atoms with Crippen molar-refractivity contribution in [1.29, 1.82) is 0 Å². The van der Waals surface area contributed by atoms with Gasteiger partial charge in [0.15, 0.2) is 0 Å². The molecule has 0 spiro atoms. The molecule has 0 amide bonds. The third kappa shape index (κ3) is 7.00. The minimum atomic E-state index is -0.202. The Labute approximate surface area is 347 Å². The fourth-order valence-electron chi connectivity index (χ4n) is 8.68. The van der Waals surface area contributed by atoms with E-state index in [-0.39, 0.29) is 5.41 Å². The summed E-state index contributed by atoms with van der Waals surface area (Å²) in [4.78, 5) is 2.39. The minimum Gasteiger partial charge on any atom is -0.356 e. The third-order valence-electron chi connectivity index (χ3n) is 11.9. The van der Waals surface area contributed by atoms with Crippen molar-refractivity contribution in [2.75, 3.05) is 10.2 Å². The predicted molar refractivity (Wildman–Crippen MR) is 250 cm³/mol. The zero-order valence-corrected chi connectivity index (χ0v) is 33.3. The van der Waals surface area contributed by atoms with Gasteiger partial charge >= 0.3 is 0 Å². The van der Waals surface area contributed by atoms with Gasteiger partial charge in [0, 0.05) is 33.9 Å². The number of nitrogens with one attached hydrogen (secondary N) is 1. The first kappa shape index (κ1) is 36.0. The average Bonchev–Trinajstić information content (AvgIpc) is 3.52. The van der Waals surface area contributed by atoms with Crippen LogP contribution in [0.4, 0.5) is 28.4 Å². The Kier molecular flexibility index (Phi) is 9.24. The van der Waals surface area contributed by atoms with E-state index in [1.165, 1.54) is 66.8 Å². The maximum absolute atomic E-state index is 3.69. The zero-order chi connectivity index (χ0) is 39.8. The summed E-state index contributed by atoms with van der Waals surface area (Å²) in [5, 5.41) is 3.69. The van der Waals surface area contributed by atoms with E-state index >= 15 is 0 Å². The van der Waals surface area contributed by atoms with Gasteiger partial charge in [-0.1, -0.05) is 172 Å². The van der Waals surface area contributed by atoms with Crippen LogP contribution in [0.5, 0.6) is 0 Å². The molecule has 0 heterocycles. The largest absolute Gasteiger partial charge is 0.356 e. The summed E-state index contributed by atoms with van der Waals surface area (Å²) in [6.45, 7) is 4.72. The molecule has 59 heavy (non-hydrogen) atoms. The number of hydrogen-bond donors (Lipinski definition) is 1. The Morgan fingerprint density at radius 3 is 1.20 bits per heavy atom. The maximum Gasteiger partial charge on any atom is 0.0465 e. The summed E-state index contributed by atoms with van der Waals surface area (Å²) in [7, 11) is 0. The molecule has 0 bridgehead atoms. The van der Waals surface area contributed by atoms with Crippen LogP contribution >= 0.6 is 0 Å². The third-order valence-corrected chi connectivity index (χ3v) is 11.9. The highest BCUT2D eigenvalue weighted by Crippen LogP contribution is 2.51. The molecule has 0 aliphatic heterocycles. The van der Waals surface area contributed by atoms with Crippen LogP contribution in [0.25, 0.3) is 55.6 Å². The van der Waals surface area contributed by atoms with Gasteiger partial charge in [-0.05, 0) is 133 Å². The Hall–Kier alpha value is -7.42. The van der Waals surface area contributed by atoms with Crippen LogP contribution in [-0.2, 0) is 5.41 Å². The van der Waals surface area contributed by atoms with Crippen molar-refractivity contribution in [2.45, 2.75) is 19.3 Å². The van der Waals surface area contributed by atoms with E-state index in [0.717, 1.165) is 28.4 Å². The van der Waals surface area contributed by atoms with Gasteiger partial charge in [0.05, 0.1) is 0 Å². The number of rotatable bonds is 9. The molecule has 282 valence electrons. The summed E-state index contributed by atoms with van der Waals surface area (Å²) in [5.41, 5.74) is 20.2. The number of anilines is 5. The van der Waals surface area contributed by atoms with Gasteiger partial charge in [-0.15, -0.1) is 0 Å². The molecular weight excluding hydrogens is 713 g/mol. The Morgan fingerprint density at radius 2 is 0.678 bits per heavy atom. The first-order valence-corrected chi connectivity index (χ1v) is 20.4. The van der Waals surface area contributed by atoms with Gasteiger partial charge in [-0.3, -0.25) is 0 Å². The molecule has 1 aliphatic rings. The molecule has 0 unspecified atom stereocenters. The molecule has 9 aromatic rings. The molecule has 10 rings (SSSR count). The standard InChI is InChI=1S/C57H44N2/c1-57(2)55-38-49(58-48-27-21-43(22-28-48)40-13-6-3-7-14-40)29-35-53(55)54-36-34-52(39-56(54)57)59(50-30-23-44(24-31-50)41-15-8-4-9-16-41)51-32-25-45(26-33-51)47-20-12-19-46(37-47)42-17-10-5-11-18-42/h3-39,58H,1-2H3. The van der Waals surface area contributed by atoms with E-state index in [1.54, 1.807) is 0 Å². The molecule has 0 atom stereocenters. The normalized spacial score (nSPS) is 12.4. The number of nitrogens with zero attached hydrogens (tertiary/aromatic N) is 1. The topological polar surface area (TPSA) is 15.3 Å². The first-order chi connectivity index (χ1) is 29.0. The zero-order valence-electron chi connectivity index (χ0n) is 33.3. The van der Waals surface area contributed by atoms with Gasteiger partial charge in [0.1, 0.15) is 0 Å². The van der Waals surface area contributed by atoms with Crippen LogP contribution in [0, 0.1) is 0 Å². The second kappa shape index (κ2) is 15.2. The summed E-state index contributed by atoms with van der Waals surface area (Å²) in [6.07, 6.45) is 0. The van der Waals surface area contributed by atoms with Gasteiger partial charge in [0.2, 0.25) is 0 Å². The monoisotopic (exact) mass is 756 g/mol. The SMILES string of the molecule is CC1(C)c2cc(Nc3ccc(-c4ccccc4)cc3)ccc2-c2ccc(N(c3ccc(-c4ccccc4)cc3)c3ccc(-c4cccc(-c5ccccc5)c4)cc3)cc21. The quantitative estimate of drug-likeness (QED) is 0.158. The molecule has 0 radical (unpaired) electrons. The van der Waals surface area contributed by atoms with Crippen LogP contribution < -0.4 is 10.2 Å². The lowest BCUT2D eigenvalue weighted by Crippen LogP contribution is -2.16. The number of hydrogen-bond acceptors (Lipinski definition) is 2. The van der Waals surface area contributed by atoms with Gasteiger partial charge < -0.3 is 10.2 Å². The minimum absolute atomic E-state index is 0.202. The lowest BCUT2D eigenvalue weighted by atomic mass is 9.82. The summed E-state index contributed by atoms with van der Waals surface area (Å²) < 4.78 is 0. The smallest absolute Gasteiger partial charge is 0.0465 e.